The molecule has 4 nitrogen and oxygen atoms in total. The molecule has 1 atom stereocenters. The van der Waals surface area contributed by atoms with E-state index in [9.17, 15) is 5.11 Å². The number of ether oxygens (including phenoxy) is 1. The van der Waals surface area contributed by atoms with Gasteiger partial charge in [0.15, 0.2) is 0 Å². The summed E-state index contributed by atoms with van der Waals surface area (Å²) in [7, 11) is 0. The predicted molar refractivity (Wildman–Crippen MR) is 72.6 cm³/mol. The van der Waals surface area contributed by atoms with E-state index in [1.54, 1.807) is 0 Å². The fourth-order valence-electron chi connectivity index (χ4n) is 2.80. The van der Waals surface area contributed by atoms with E-state index < -0.39 is 0 Å². The molecule has 108 valence electrons. The van der Waals surface area contributed by atoms with Crippen molar-refractivity contribution in [2.24, 2.45) is 5.41 Å². The molecule has 0 aromatic carbocycles. The number of hydrogen-bond donors (Lipinski definition) is 2. The van der Waals surface area contributed by atoms with Crippen LogP contribution in [0.15, 0.2) is 0 Å². The van der Waals surface area contributed by atoms with Crippen LogP contribution in [0.1, 0.15) is 39.5 Å². The molecule has 0 radical (unpaired) electrons. The molecular formula is C14H29NO3. The van der Waals surface area contributed by atoms with E-state index in [0.29, 0.717) is 12.7 Å². The zero-order chi connectivity index (χ0) is 13.4. The lowest BCUT2D eigenvalue weighted by Gasteiger charge is -2.38. The summed E-state index contributed by atoms with van der Waals surface area (Å²) in [5, 5.41) is 18.3. The van der Waals surface area contributed by atoms with E-state index in [-0.39, 0.29) is 18.6 Å². The van der Waals surface area contributed by atoms with Gasteiger partial charge in [-0.2, -0.15) is 0 Å². The summed E-state index contributed by atoms with van der Waals surface area (Å²) in [4.78, 5) is 2.44. The van der Waals surface area contributed by atoms with Gasteiger partial charge in [0.2, 0.25) is 0 Å². The number of rotatable bonds is 8. The molecule has 4 heteroatoms. The van der Waals surface area contributed by atoms with Crippen molar-refractivity contribution < 1.29 is 14.9 Å². The van der Waals surface area contributed by atoms with Gasteiger partial charge in [-0.15, -0.1) is 0 Å². The highest BCUT2D eigenvalue weighted by Crippen LogP contribution is 2.26. The van der Waals surface area contributed by atoms with E-state index in [1.807, 2.05) is 0 Å². The minimum atomic E-state index is 0.0353. The Balaban J connectivity index is 2.29. The zero-order valence-corrected chi connectivity index (χ0v) is 11.9. The van der Waals surface area contributed by atoms with E-state index in [0.717, 1.165) is 45.3 Å². The smallest absolute Gasteiger partial charge is 0.0701 e. The van der Waals surface area contributed by atoms with Crippen LogP contribution in [0.25, 0.3) is 0 Å². The van der Waals surface area contributed by atoms with E-state index in [1.165, 1.54) is 0 Å². The van der Waals surface area contributed by atoms with Crippen LogP contribution in [-0.4, -0.2) is 60.7 Å². The van der Waals surface area contributed by atoms with Crippen LogP contribution in [0, 0.1) is 5.41 Å². The number of nitrogens with zero attached hydrogens (tertiary/aromatic N) is 1. The Labute approximate surface area is 111 Å². The number of hydrogen-bond acceptors (Lipinski definition) is 4. The van der Waals surface area contributed by atoms with E-state index in [4.69, 9.17) is 9.84 Å². The van der Waals surface area contributed by atoms with Gasteiger partial charge in [0.25, 0.3) is 0 Å². The maximum Gasteiger partial charge on any atom is 0.0701 e. The second-order valence-electron chi connectivity index (χ2n) is 5.79. The average molecular weight is 259 g/mol. The molecule has 1 fully saturated rings. The average Bonchev–Trinajstić information content (AvgIpc) is 2.38. The molecule has 0 bridgehead atoms. The third-order valence-electron chi connectivity index (χ3n) is 3.82. The van der Waals surface area contributed by atoms with Crippen molar-refractivity contribution in [3.63, 3.8) is 0 Å². The summed E-state index contributed by atoms with van der Waals surface area (Å²) < 4.78 is 5.56. The monoisotopic (exact) mass is 259 g/mol. The Morgan fingerprint density at radius 2 is 1.94 bits per heavy atom. The Morgan fingerprint density at radius 3 is 2.44 bits per heavy atom. The molecule has 1 aliphatic rings. The molecule has 0 aromatic heterocycles. The summed E-state index contributed by atoms with van der Waals surface area (Å²) in [6.07, 6.45) is 4.57. The van der Waals surface area contributed by atoms with Crippen LogP contribution in [-0.2, 0) is 4.74 Å². The summed E-state index contributed by atoms with van der Waals surface area (Å²) in [6.45, 7) is 8.22. The van der Waals surface area contributed by atoms with Gasteiger partial charge in [0, 0.05) is 31.7 Å². The third kappa shape index (κ3) is 5.22. The predicted octanol–water partition coefficient (Wildman–Crippen LogP) is 1.26. The standard InChI is InChI=1S/C14H29NO3/c1-3-6-14(2,12-17)11-15-7-4-13(5-8-15)18-10-9-16/h13,16-17H,3-12H2,1-2H3. The molecule has 1 rings (SSSR count). The Morgan fingerprint density at radius 1 is 1.28 bits per heavy atom. The second-order valence-corrected chi connectivity index (χ2v) is 5.79. The van der Waals surface area contributed by atoms with Gasteiger partial charge in [-0.05, 0) is 19.3 Å². The van der Waals surface area contributed by atoms with Crippen molar-refractivity contribution in [3.05, 3.63) is 0 Å². The molecule has 0 amide bonds. The molecule has 0 saturated carbocycles. The fourth-order valence-corrected chi connectivity index (χ4v) is 2.80. The van der Waals surface area contributed by atoms with Gasteiger partial charge in [0.1, 0.15) is 0 Å². The lowest BCUT2D eigenvalue weighted by atomic mass is 9.85. The normalized spacial score (nSPS) is 22.0. The van der Waals surface area contributed by atoms with E-state index in [2.05, 4.69) is 18.7 Å². The van der Waals surface area contributed by atoms with Crippen LogP contribution in [0.3, 0.4) is 0 Å². The maximum atomic E-state index is 9.54. The lowest BCUT2D eigenvalue weighted by molar-refractivity contribution is -0.0187. The molecule has 1 unspecified atom stereocenters. The first-order chi connectivity index (χ1) is 8.63. The van der Waals surface area contributed by atoms with Gasteiger partial charge in [-0.3, -0.25) is 0 Å². The van der Waals surface area contributed by atoms with Gasteiger partial charge >= 0.3 is 0 Å². The Hall–Kier alpha value is -0.160. The molecule has 0 aliphatic carbocycles. The number of likely N-dealkylation sites (tertiary alicyclic amines) is 1. The minimum Gasteiger partial charge on any atom is -0.396 e. The molecule has 1 saturated heterocycles. The molecule has 1 aliphatic heterocycles. The number of aliphatic hydroxyl groups is 2. The Bertz CT molecular complexity index is 217. The molecule has 2 N–H and O–H groups in total. The topological polar surface area (TPSA) is 52.9 Å². The van der Waals surface area contributed by atoms with Crippen molar-refractivity contribution in [3.8, 4) is 0 Å². The number of piperidine rings is 1. The van der Waals surface area contributed by atoms with Crippen LogP contribution in [0.5, 0.6) is 0 Å². The molecule has 1 heterocycles. The van der Waals surface area contributed by atoms with Crippen LogP contribution in [0.4, 0.5) is 0 Å². The highest BCUT2D eigenvalue weighted by Gasteiger charge is 2.28. The minimum absolute atomic E-state index is 0.0353. The van der Waals surface area contributed by atoms with Crippen LogP contribution >= 0.6 is 0 Å². The summed E-state index contributed by atoms with van der Waals surface area (Å²) >= 11 is 0. The molecule has 0 spiro atoms. The molecule has 18 heavy (non-hydrogen) atoms. The first-order valence-electron chi connectivity index (χ1n) is 7.19. The largest absolute Gasteiger partial charge is 0.396 e. The van der Waals surface area contributed by atoms with Crippen molar-refractivity contribution >= 4 is 0 Å². The summed E-state index contributed by atoms with van der Waals surface area (Å²) in [6, 6.07) is 0. The second kappa shape index (κ2) is 8.10. The van der Waals surface area contributed by atoms with Gasteiger partial charge in [-0.1, -0.05) is 20.3 Å². The quantitative estimate of drug-likeness (QED) is 0.689. The van der Waals surface area contributed by atoms with Crippen LogP contribution < -0.4 is 0 Å². The maximum absolute atomic E-state index is 9.54. The van der Waals surface area contributed by atoms with Crippen molar-refractivity contribution in [1.29, 1.82) is 0 Å². The summed E-state index contributed by atoms with van der Waals surface area (Å²) in [5.41, 5.74) is 0.0353. The molecular weight excluding hydrogens is 230 g/mol. The first-order valence-corrected chi connectivity index (χ1v) is 7.19. The SMILES string of the molecule is CCCC(C)(CO)CN1CCC(OCCO)CC1. The van der Waals surface area contributed by atoms with Crippen LogP contribution in [0.2, 0.25) is 0 Å². The third-order valence-corrected chi connectivity index (χ3v) is 3.82. The first kappa shape index (κ1) is 15.9. The van der Waals surface area contributed by atoms with Gasteiger partial charge < -0.3 is 19.8 Å². The zero-order valence-electron chi connectivity index (χ0n) is 11.9. The van der Waals surface area contributed by atoms with E-state index >= 15 is 0 Å². The lowest BCUT2D eigenvalue weighted by Crippen LogP contribution is -2.44. The van der Waals surface area contributed by atoms with Crippen molar-refractivity contribution in [2.75, 3.05) is 39.5 Å². The van der Waals surface area contributed by atoms with Gasteiger partial charge in [-0.25, -0.2) is 0 Å². The van der Waals surface area contributed by atoms with Crippen molar-refractivity contribution in [2.45, 2.75) is 45.6 Å². The van der Waals surface area contributed by atoms with Gasteiger partial charge in [0.05, 0.1) is 19.3 Å². The Kier molecular flexibility index (Phi) is 7.15. The highest BCUT2D eigenvalue weighted by molar-refractivity contribution is 4.81. The molecule has 0 aromatic rings. The summed E-state index contributed by atoms with van der Waals surface area (Å²) in [5.74, 6) is 0. The number of aliphatic hydroxyl groups excluding tert-OH is 2. The fraction of sp³-hybridized carbons (Fsp3) is 1.00. The van der Waals surface area contributed by atoms with Crippen molar-refractivity contribution in [1.82, 2.24) is 4.90 Å². The highest BCUT2D eigenvalue weighted by atomic mass is 16.5.